The van der Waals surface area contributed by atoms with Gasteiger partial charge in [0.05, 0.1) is 35.2 Å². The molecule has 0 saturated carbocycles. The Morgan fingerprint density at radius 3 is 1.63 bits per heavy atom. The van der Waals surface area contributed by atoms with Gasteiger partial charge < -0.3 is 39.8 Å². The standard InChI is InChI=1S/2C18H17NO4/c1-2-13-16(18(22)23)12-7-5-9-15(21)17(12)19(13)10-11-6-3-4-8-14(11)20;1-2-14-17(18(22)23)13-8-7-12(20)9-15(13)19(14)10-11-5-3-4-6-16(11)21/h2*3-9,20-21H,2,10H2,1H3,(H,22,23). The first-order valence-corrected chi connectivity index (χ1v) is 14.7. The third kappa shape index (κ3) is 5.80. The van der Waals surface area contributed by atoms with Crippen molar-refractivity contribution in [2.45, 2.75) is 39.8 Å². The third-order valence-electron chi connectivity index (χ3n) is 8.06. The second-order valence-corrected chi connectivity index (χ2v) is 10.8. The lowest BCUT2D eigenvalue weighted by atomic mass is 10.1. The molecule has 0 atom stereocenters. The highest BCUT2D eigenvalue weighted by Crippen LogP contribution is 2.35. The summed E-state index contributed by atoms with van der Waals surface area (Å²) in [4.78, 5) is 23.4. The van der Waals surface area contributed by atoms with Crippen LogP contribution in [0.3, 0.4) is 0 Å². The number of fused-ring (bicyclic) bond motifs is 2. The van der Waals surface area contributed by atoms with Gasteiger partial charge >= 0.3 is 11.9 Å². The molecular weight excluding hydrogens is 588 g/mol. The Balaban J connectivity index is 0.000000181. The Bertz CT molecular complexity index is 2090. The molecule has 0 spiro atoms. The van der Waals surface area contributed by atoms with Crippen LogP contribution in [0.2, 0.25) is 0 Å². The molecule has 0 radical (unpaired) electrons. The van der Waals surface area contributed by atoms with Gasteiger partial charge in [-0.1, -0.05) is 62.4 Å². The van der Waals surface area contributed by atoms with Crippen molar-refractivity contribution in [2.24, 2.45) is 0 Å². The van der Waals surface area contributed by atoms with Crippen molar-refractivity contribution in [3.63, 3.8) is 0 Å². The van der Waals surface area contributed by atoms with Gasteiger partial charge in [0.25, 0.3) is 0 Å². The molecular formula is C36H34N2O8. The van der Waals surface area contributed by atoms with Crippen LogP contribution in [0.1, 0.15) is 57.1 Å². The Hall–Kier alpha value is -5.90. The SMILES string of the molecule is CCc1c(C(=O)O)c2ccc(O)cc2n1Cc1ccccc1O.CCc1c(C(=O)O)c2cccc(O)c2n1Cc1ccccc1O. The Morgan fingerprint density at radius 2 is 1.09 bits per heavy atom. The van der Waals surface area contributed by atoms with Crippen molar-refractivity contribution in [3.8, 4) is 23.0 Å². The summed E-state index contributed by atoms with van der Waals surface area (Å²) in [5, 5.41) is 60.3. The van der Waals surface area contributed by atoms with Crippen LogP contribution in [0.15, 0.2) is 84.9 Å². The van der Waals surface area contributed by atoms with Gasteiger partial charge in [0.15, 0.2) is 0 Å². The molecule has 0 saturated heterocycles. The maximum absolute atomic E-state index is 11.7. The number of carbonyl (C=O) groups is 2. The first kappa shape index (κ1) is 31.5. The zero-order valence-electron chi connectivity index (χ0n) is 25.3. The summed E-state index contributed by atoms with van der Waals surface area (Å²) in [6.45, 7) is 4.39. The average Bonchev–Trinajstić information content (AvgIpc) is 3.52. The van der Waals surface area contributed by atoms with Gasteiger partial charge in [0.1, 0.15) is 23.0 Å². The van der Waals surface area contributed by atoms with Crippen molar-refractivity contribution < 1.29 is 40.2 Å². The number of carboxylic acids is 2. The van der Waals surface area contributed by atoms with Crippen LogP contribution in [-0.4, -0.2) is 51.7 Å². The quantitative estimate of drug-likeness (QED) is 0.109. The molecule has 46 heavy (non-hydrogen) atoms. The topological polar surface area (TPSA) is 165 Å². The van der Waals surface area contributed by atoms with Gasteiger partial charge in [-0.25, -0.2) is 9.59 Å². The smallest absolute Gasteiger partial charge is 0.338 e. The Kier molecular flexibility index (Phi) is 8.90. The number of hydrogen-bond acceptors (Lipinski definition) is 6. The number of rotatable bonds is 8. The van der Waals surface area contributed by atoms with Gasteiger partial charge in [-0.15, -0.1) is 0 Å². The van der Waals surface area contributed by atoms with Crippen LogP contribution < -0.4 is 0 Å². The minimum absolute atomic E-state index is 0.0279. The molecule has 0 aliphatic carbocycles. The maximum atomic E-state index is 11.7. The van der Waals surface area contributed by atoms with Crippen LogP contribution >= 0.6 is 0 Å². The lowest BCUT2D eigenvalue weighted by Gasteiger charge is -2.12. The highest BCUT2D eigenvalue weighted by Gasteiger charge is 2.24. The van der Waals surface area contributed by atoms with Crippen LogP contribution in [0, 0.1) is 0 Å². The third-order valence-corrected chi connectivity index (χ3v) is 8.06. The summed E-state index contributed by atoms with van der Waals surface area (Å²) in [6.07, 6.45) is 1.04. The number of aromatic nitrogens is 2. The number of phenolic OH excluding ortho intramolecular Hbond substituents is 4. The van der Waals surface area contributed by atoms with Crippen LogP contribution in [0.4, 0.5) is 0 Å². The normalized spacial score (nSPS) is 11.0. The monoisotopic (exact) mass is 622 g/mol. The molecule has 0 aliphatic rings. The minimum atomic E-state index is -1.02. The molecule has 0 aliphatic heterocycles. The summed E-state index contributed by atoms with van der Waals surface area (Å²) in [5.41, 5.74) is 4.22. The van der Waals surface area contributed by atoms with Gasteiger partial charge in [-0.2, -0.15) is 0 Å². The maximum Gasteiger partial charge on any atom is 0.338 e. The lowest BCUT2D eigenvalue weighted by Crippen LogP contribution is -2.07. The number of phenols is 4. The molecule has 0 amide bonds. The molecule has 0 bridgehead atoms. The summed E-state index contributed by atoms with van der Waals surface area (Å²) < 4.78 is 3.61. The fourth-order valence-corrected chi connectivity index (χ4v) is 6.03. The second kappa shape index (κ2) is 13.0. The average molecular weight is 623 g/mol. The van der Waals surface area contributed by atoms with E-state index in [1.165, 1.54) is 12.1 Å². The molecule has 2 heterocycles. The molecule has 10 nitrogen and oxygen atoms in total. The van der Waals surface area contributed by atoms with E-state index in [9.17, 15) is 40.2 Å². The number of hydrogen-bond donors (Lipinski definition) is 6. The number of para-hydroxylation sites is 3. The predicted molar refractivity (Wildman–Crippen MR) is 174 cm³/mol. The van der Waals surface area contributed by atoms with E-state index < -0.39 is 11.9 Å². The van der Waals surface area contributed by atoms with E-state index in [-0.39, 0.29) is 40.7 Å². The van der Waals surface area contributed by atoms with E-state index in [2.05, 4.69) is 0 Å². The molecule has 4 aromatic carbocycles. The fraction of sp³-hybridized carbons (Fsp3) is 0.167. The van der Waals surface area contributed by atoms with Gasteiger partial charge in [0.2, 0.25) is 0 Å². The Morgan fingerprint density at radius 1 is 0.587 bits per heavy atom. The first-order valence-electron chi connectivity index (χ1n) is 14.7. The van der Waals surface area contributed by atoms with E-state index in [1.54, 1.807) is 65.2 Å². The summed E-state index contributed by atoms with van der Waals surface area (Å²) in [5.74, 6) is -1.60. The Labute approximate surface area is 264 Å². The van der Waals surface area contributed by atoms with E-state index in [0.717, 1.165) is 0 Å². The highest BCUT2D eigenvalue weighted by molar-refractivity contribution is 6.07. The summed E-state index contributed by atoms with van der Waals surface area (Å²) in [7, 11) is 0. The number of aromatic carboxylic acids is 2. The predicted octanol–water partition coefficient (Wildman–Crippen LogP) is 6.72. The second-order valence-electron chi connectivity index (χ2n) is 10.8. The van der Waals surface area contributed by atoms with E-state index in [4.69, 9.17) is 0 Å². The van der Waals surface area contributed by atoms with Crippen molar-refractivity contribution in [2.75, 3.05) is 0 Å². The zero-order valence-corrected chi connectivity index (χ0v) is 25.3. The first-order chi connectivity index (χ1) is 22.1. The van der Waals surface area contributed by atoms with E-state index >= 15 is 0 Å². The van der Waals surface area contributed by atoms with Gasteiger partial charge in [-0.05, 0) is 43.2 Å². The molecule has 0 unspecified atom stereocenters. The zero-order chi connectivity index (χ0) is 33.1. The molecule has 10 heteroatoms. The van der Waals surface area contributed by atoms with Gasteiger partial charge in [0, 0.05) is 39.4 Å². The number of aromatic hydroxyl groups is 4. The van der Waals surface area contributed by atoms with E-state index in [1.807, 2.05) is 30.5 Å². The molecule has 236 valence electrons. The fourth-order valence-electron chi connectivity index (χ4n) is 6.03. The molecule has 0 fully saturated rings. The van der Waals surface area contributed by atoms with Crippen LogP contribution in [0.5, 0.6) is 23.0 Å². The van der Waals surface area contributed by atoms with Gasteiger partial charge in [-0.3, -0.25) is 0 Å². The minimum Gasteiger partial charge on any atom is -0.508 e. The lowest BCUT2D eigenvalue weighted by molar-refractivity contribution is 0.0686. The van der Waals surface area contributed by atoms with Crippen molar-refractivity contribution >= 4 is 33.7 Å². The number of carboxylic acid groups (broad SMARTS) is 2. The van der Waals surface area contributed by atoms with Crippen molar-refractivity contribution in [3.05, 3.63) is 119 Å². The summed E-state index contributed by atoms with van der Waals surface area (Å²) in [6, 6.07) is 23.4. The molecule has 2 aromatic heterocycles. The largest absolute Gasteiger partial charge is 0.508 e. The number of nitrogens with zero attached hydrogens (tertiary/aromatic N) is 2. The van der Waals surface area contributed by atoms with Crippen molar-refractivity contribution in [1.82, 2.24) is 9.13 Å². The van der Waals surface area contributed by atoms with Crippen molar-refractivity contribution in [1.29, 1.82) is 0 Å². The number of benzene rings is 4. The van der Waals surface area contributed by atoms with Crippen LogP contribution in [-0.2, 0) is 25.9 Å². The summed E-state index contributed by atoms with van der Waals surface area (Å²) >= 11 is 0. The molecule has 6 rings (SSSR count). The highest BCUT2D eigenvalue weighted by atomic mass is 16.4. The van der Waals surface area contributed by atoms with Crippen LogP contribution in [0.25, 0.3) is 21.8 Å². The molecule has 6 N–H and O–H groups in total. The van der Waals surface area contributed by atoms with E-state index in [0.29, 0.717) is 63.7 Å². The molecule has 6 aromatic rings.